The van der Waals surface area contributed by atoms with Crippen LogP contribution in [-0.4, -0.2) is 43.4 Å². The van der Waals surface area contributed by atoms with Crippen molar-refractivity contribution in [1.29, 1.82) is 0 Å². The summed E-state index contributed by atoms with van der Waals surface area (Å²) in [5, 5.41) is 2.83. The Morgan fingerprint density at radius 3 is 2.39 bits per heavy atom. The molecule has 0 radical (unpaired) electrons. The Bertz CT molecular complexity index is 488. The summed E-state index contributed by atoms with van der Waals surface area (Å²) >= 11 is 0. The number of ether oxygens (including phenoxy) is 1. The molecule has 3 N–H and O–H groups in total. The summed E-state index contributed by atoms with van der Waals surface area (Å²) in [6.07, 6.45) is -3.61. The van der Waals surface area contributed by atoms with Gasteiger partial charge in [0.1, 0.15) is 5.75 Å². The number of nitrogens with two attached hydrogens (primary N) is 1. The van der Waals surface area contributed by atoms with E-state index in [1.54, 1.807) is 0 Å². The van der Waals surface area contributed by atoms with Crippen LogP contribution in [0.2, 0.25) is 0 Å². The quantitative estimate of drug-likeness (QED) is 0.567. The largest absolute Gasteiger partial charge is 0.573 e. The van der Waals surface area contributed by atoms with Crippen LogP contribution in [0.4, 0.5) is 18.9 Å². The first-order valence-electron chi connectivity index (χ1n) is 7.49. The fourth-order valence-electron chi connectivity index (χ4n) is 1.98. The smallest absolute Gasteiger partial charge is 0.406 e. The normalized spacial score (nSPS) is 12.5. The van der Waals surface area contributed by atoms with Crippen LogP contribution in [0.25, 0.3) is 0 Å². The average molecular weight is 332 g/mol. The molecule has 0 saturated carbocycles. The Morgan fingerprint density at radius 1 is 1.22 bits per heavy atom. The van der Waals surface area contributed by atoms with Crippen LogP contribution in [0, 0.1) is 0 Å². The molecule has 0 heterocycles. The first-order valence-corrected chi connectivity index (χ1v) is 7.49. The first kappa shape index (κ1) is 19.1. The second-order valence-electron chi connectivity index (χ2n) is 4.90. The van der Waals surface area contributed by atoms with Crippen molar-refractivity contribution >= 4 is 11.6 Å². The van der Waals surface area contributed by atoms with Gasteiger partial charge in [0.05, 0.1) is 6.54 Å². The number of hydrogen-bond donors (Lipinski definition) is 2. The number of nitrogens with zero attached hydrogens (tertiary/aromatic N) is 2. The third-order valence-corrected chi connectivity index (χ3v) is 3.05. The van der Waals surface area contributed by atoms with Gasteiger partial charge in [0, 0.05) is 12.2 Å². The summed E-state index contributed by atoms with van der Waals surface area (Å²) in [5.41, 5.74) is 6.30. The second kappa shape index (κ2) is 9.24. The van der Waals surface area contributed by atoms with Gasteiger partial charge in [-0.3, -0.25) is 4.99 Å². The number of benzene rings is 1. The summed E-state index contributed by atoms with van der Waals surface area (Å²) in [6, 6.07) is 5.31. The van der Waals surface area contributed by atoms with Crippen LogP contribution in [0.5, 0.6) is 5.75 Å². The summed E-state index contributed by atoms with van der Waals surface area (Å²) in [7, 11) is 0. The van der Waals surface area contributed by atoms with Gasteiger partial charge in [-0.1, -0.05) is 13.8 Å². The molecule has 0 aliphatic carbocycles. The summed E-state index contributed by atoms with van der Waals surface area (Å²) in [4.78, 5) is 6.47. The third kappa shape index (κ3) is 8.29. The van der Waals surface area contributed by atoms with Crippen LogP contribution >= 0.6 is 0 Å². The zero-order valence-electron chi connectivity index (χ0n) is 13.4. The van der Waals surface area contributed by atoms with E-state index in [0.29, 0.717) is 12.2 Å². The molecule has 0 aliphatic rings. The van der Waals surface area contributed by atoms with Gasteiger partial charge in [-0.05, 0) is 43.8 Å². The lowest BCUT2D eigenvalue weighted by Gasteiger charge is -2.18. The number of anilines is 1. The van der Waals surface area contributed by atoms with Crippen LogP contribution in [0.15, 0.2) is 29.3 Å². The molecule has 130 valence electrons. The number of guanidine groups is 1. The lowest BCUT2D eigenvalue weighted by molar-refractivity contribution is -0.274. The van der Waals surface area contributed by atoms with E-state index in [4.69, 9.17) is 5.73 Å². The standard InChI is InChI=1S/C15H23F3N4O/c1-3-10-22(4-2)11-9-20-14(19)21-12-5-7-13(8-6-12)23-15(16,17)18/h5-8H,3-4,9-11H2,1-2H3,(H3,19,20,21). The predicted octanol–water partition coefficient (Wildman–Crippen LogP) is 3.04. The zero-order valence-corrected chi connectivity index (χ0v) is 13.4. The van der Waals surface area contributed by atoms with Crippen molar-refractivity contribution in [3.8, 4) is 5.75 Å². The first-order chi connectivity index (χ1) is 10.8. The van der Waals surface area contributed by atoms with Crippen molar-refractivity contribution in [2.45, 2.75) is 26.6 Å². The molecule has 8 heteroatoms. The highest BCUT2D eigenvalue weighted by Gasteiger charge is 2.30. The predicted molar refractivity (Wildman–Crippen MR) is 85.6 cm³/mol. The average Bonchev–Trinajstić information content (AvgIpc) is 2.47. The topological polar surface area (TPSA) is 62.9 Å². The van der Waals surface area contributed by atoms with E-state index in [1.165, 1.54) is 24.3 Å². The number of likely N-dealkylation sites (N-methyl/N-ethyl adjacent to an activating group) is 1. The number of nitrogens with one attached hydrogen (secondary N) is 1. The van der Waals surface area contributed by atoms with E-state index < -0.39 is 6.36 Å². The maximum atomic E-state index is 12.1. The molecule has 1 aromatic carbocycles. The molecule has 0 atom stereocenters. The molecule has 0 aromatic heterocycles. The molecule has 0 unspecified atom stereocenters. The van der Waals surface area contributed by atoms with Crippen LogP contribution in [-0.2, 0) is 0 Å². The fraction of sp³-hybridized carbons (Fsp3) is 0.533. The minimum atomic E-state index is -4.70. The minimum Gasteiger partial charge on any atom is -0.406 e. The maximum absolute atomic E-state index is 12.1. The number of halogens is 3. The summed E-state index contributed by atoms with van der Waals surface area (Å²) < 4.78 is 40.0. The molecular weight excluding hydrogens is 309 g/mol. The number of aliphatic imine (C=N–C) groups is 1. The van der Waals surface area contributed by atoms with Crippen molar-refractivity contribution in [3.63, 3.8) is 0 Å². The molecule has 5 nitrogen and oxygen atoms in total. The van der Waals surface area contributed by atoms with Gasteiger partial charge in [-0.2, -0.15) is 0 Å². The van der Waals surface area contributed by atoms with E-state index in [9.17, 15) is 13.2 Å². The molecule has 0 fully saturated rings. The van der Waals surface area contributed by atoms with Gasteiger partial charge in [0.15, 0.2) is 5.96 Å². The molecule has 0 saturated heterocycles. The Kier molecular flexibility index (Phi) is 7.67. The summed E-state index contributed by atoms with van der Waals surface area (Å²) in [5.74, 6) is -0.0567. The van der Waals surface area contributed by atoms with E-state index in [-0.39, 0.29) is 11.7 Å². The zero-order chi connectivity index (χ0) is 17.3. The number of rotatable bonds is 8. The highest BCUT2D eigenvalue weighted by Crippen LogP contribution is 2.23. The van der Waals surface area contributed by atoms with Crippen molar-refractivity contribution < 1.29 is 17.9 Å². The molecule has 0 bridgehead atoms. The number of hydrogen-bond acceptors (Lipinski definition) is 3. The van der Waals surface area contributed by atoms with E-state index in [2.05, 4.69) is 33.8 Å². The molecule has 1 aromatic rings. The van der Waals surface area contributed by atoms with Gasteiger partial charge in [-0.25, -0.2) is 0 Å². The SMILES string of the molecule is CCCN(CC)CCN=C(N)Nc1ccc(OC(F)(F)F)cc1. The minimum absolute atomic E-state index is 0.224. The second-order valence-corrected chi connectivity index (χ2v) is 4.90. The van der Waals surface area contributed by atoms with Crippen LogP contribution in [0.3, 0.4) is 0 Å². The third-order valence-electron chi connectivity index (χ3n) is 3.05. The molecule has 0 amide bonds. The lowest BCUT2D eigenvalue weighted by atomic mass is 10.3. The van der Waals surface area contributed by atoms with Crippen molar-refractivity contribution in [2.24, 2.45) is 10.7 Å². The molecule has 23 heavy (non-hydrogen) atoms. The highest BCUT2D eigenvalue weighted by molar-refractivity contribution is 5.92. The van der Waals surface area contributed by atoms with Crippen molar-refractivity contribution in [2.75, 3.05) is 31.5 Å². The Balaban J connectivity index is 2.47. The Morgan fingerprint density at radius 2 is 1.87 bits per heavy atom. The summed E-state index contributed by atoms with van der Waals surface area (Å²) in [6.45, 7) is 7.55. The van der Waals surface area contributed by atoms with E-state index >= 15 is 0 Å². The Labute approximate surface area is 134 Å². The van der Waals surface area contributed by atoms with E-state index in [1.807, 2.05) is 0 Å². The molecular formula is C15H23F3N4O. The van der Waals surface area contributed by atoms with Gasteiger partial charge >= 0.3 is 6.36 Å². The van der Waals surface area contributed by atoms with Gasteiger partial charge < -0.3 is 20.7 Å². The van der Waals surface area contributed by atoms with Gasteiger partial charge in [0.2, 0.25) is 0 Å². The Hall–Kier alpha value is -1.96. The highest BCUT2D eigenvalue weighted by atomic mass is 19.4. The molecule has 0 aliphatic heterocycles. The van der Waals surface area contributed by atoms with Crippen LogP contribution < -0.4 is 15.8 Å². The van der Waals surface area contributed by atoms with E-state index in [0.717, 1.165) is 26.1 Å². The van der Waals surface area contributed by atoms with Gasteiger partial charge in [-0.15, -0.1) is 13.2 Å². The molecule has 0 spiro atoms. The van der Waals surface area contributed by atoms with Crippen molar-refractivity contribution in [1.82, 2.24) is 4.90 Å². The number of alkyl halides is 3. The lowest BCUT2D eigenvalue weighted by Crippen LogP contribution is -2.29. The van der Waals surface area contributed by atoms with Gasteiger partial charge in [0.25, 0.3) is 0 Å². The fourth-order valence-corrected chi connectivity index (χ4v) is 1.98. The van der Waals surface area contributed by atoms with Crippen LogP contribution in [0.1, 0.15) is 20.3 Å². The van der Waals surface area contributed by atoms with Crippen molar-refractivity contribution in [3.05, 3.63) is 24.3 Å². The molecule has 1 rings (SSSR count). The maximum Gasteiger partial charge on any atom is 0.573 e. The monoisotopic (exact) mass is 332 g/mol.